The average Bonchev–Trinajstić information content (AvgIpc) is 3.14. The Morgan fingerprint density at radius 1 is 0.972 bits per heavy atom. The van der Waals surface area contributed by atoms with Gasteiger partial charge in [-0.3, -0.25) is 9.59 Å². The van der Waals surface area contributed by atoms with E-state index in [1.807, 2.05) is 25.1 Å². The SMILES string of the molecule is CCOc1cccc(C2/C(=C(\O)c3cc(Cl)ccc3OC)C(=O)C(=O)N2Cc2ccccc2OC)c1. The van der Waals surface area contributed by atoms with E-state index >= 15 is 0 Å². The lowest BCUT2D eigenvalue weighted by Gasteiger charge is -2.26. The third-order valence-corrected chi connectivity index (χ3v) is 6.21. The van der Waals surface area contributed by atoms with Gasteiger partial charge in [0.05, 0.1) is 44.5 Å². The van der Waals surface area contributed by atoms with E-state index in [1.165, 1.54) is 18.1 Å². The molecule has 1 aliphatic rings. The number of likely N-dealkylation sites (tertiary alicyclic amines) is 1. The Morgan fingerprint density at radius 3 is 2.44 bits per heavy atom. The molecule has 1 amide bonds. The van der Waals surface area contributed by atoms with Crippen LogP contribution >= 0.6 is 11.6 Å². The van der Waals surface area contributed by atoms with Crippen molar-refractivity contribution in [2.45, 2.75) is 19.5 Å². The molecule has 186 valence electrons. The molecule has 1 heterocycles. The molecule has 0 aliphatic carbocycles. The summed E-state index contributed by atoms with van der Waals surface area (Å²) >= 11 is 6.19. The molecule has 0 radical (unpaired) electrons. The second-order valence-corrected chi connectivity index (χ2v) is 8.53. The van der Waals surface area contributed by atoms with Gasteiger partial charge in [0.15, 0.2) is 0 Å². The highest BCUT2D eigenvalue weighted by atomic mass is 35.5. The standard InChI is InChI=1S/C28H26ClNO6/c1-4-36-20-10-7-9-17(14-20)25-24(26(31)21-15-19(29)12-13-23(21)35-3)27(32)28(33)30(25)16-18-8-5-6-11-22(18)34-2/h5-15,25,31H,4,16H2,1-3H3/b26-24+. The maximum absolute atomic E-state index is 13.4. The van der Waals surface area contributed by atoms with Crippen LogP contribution in [-0.2, 0) is 16.1 Å². The topological polar surface area (TPSA) is 85.3 Å². The summed E-state index contributed by atoms with van der Waals surface area (Å²) in [6.45, 7) is 2.40. The lowest BCUT2D eigenvalue weighted by molar-refractivity contribution is -0.140. The number of amides is 1. The zero-order valence-corrected chi connectivity index (χ0v) is 20.9. The van der Waals surface area contributed by atoms with Gasteiger partial charge in [-0.15, -0.1) is 0 Å². The predicted molar refractivity (Wildman–Crippen MR) is 136 cm³/mol. The molecule has 1 atom stereocenters. The zero-order valence-electron chi connectivity index (χ0n) is 20.2. The average molecular weight is 508 g/mol. The van der Waals surface area contributed by atoms with Crippen LogP contribution < -0.4 is 14.2 Å². The molecule has 8 heteroatoms. The Kier molecular flexibility index (Phi) is 7.50. The van der Waals surface area contributed by atoms with E-state index in [0.717, 1.165) is 0 Å². The van der Waals surface area contributed by atoms with Gasteiger partial charge in [-0.1, -0.05) is 41.9 Å². The molecule has 3 aromatic carbocycles. The number of halogens is 1. The number of nitrogens with zero attached hydrogens (tertiary/aromatic N) is 1. The van der Waals surface area contributed by atoms with Gasteiger partial charge in [-0.2, -0.15) is 0 Å². The largest absolute Gasteiger partial charge is 0.507 e. The Morgan fingerprint density at radius 2 is 1.72 bits per heavy atom. The third-order valence-electron chi connectivity index (χ3n) is 5.97. The van der Waals surface area contributed by atoms with Crippen LogP contribution in [0, 0.1) is 0 Å². The number of methoxy groups -OCH3 is 2. The summed E-state index contributed by atoms with van der Waals surface area (Å²) in [7, 11) is 2.99. The number of hydrogen-bond acceptors (Lipinski definition) is 6. The first-order valence-corrected chi connectivity index (χ1v) is 11.7. The summed E-state index contributed by atoms with van der Waals surface area (Å²) in [6, 6.07) is 18.2. The second-order valence-electron chi connectivity index (χ2n) is 8.09. The van der Waals surface area contributed by atoms with E-state index in [1.54, 1.807) is 49.6 Å². The molecule has 3 aromatic rings. The van der Waals surface area contributed by atoms with Crippen molar-refractivity contribution in [3.63, 3.8) is 0 Å². The number of hydrogen-bond donors (Lipinski definition) is 1. The fraction of sp³-hybridized carbons (Fsp3) is 0.214. The van der Waals surface area contributed by atoms with Crippen molar-refractivity contribution in [2.24, 2.45) is 0 Å². The van der Waals surface area contributed by atoms with Gasteiger partial charge in [0, 0.05) is 10.6 Å². The molecule has 1 saturated heterocycles. The molecule has 7 nitrogen and oxygen atoms in total. The summed E-state index contributed by atoms with van der Waals surface area (Å²) in [5, 5.41) is 11.8. The first-order valence-electron chi connectivity index (χ1n) is 11.4. The molecule has 1 N–H and O–H groups in total. The highest BCUT2D eigenvalue weighted by Crippen LogP contribution is 2.43. The minimum Gasteiger partial charge on any atom is -0.507 e. The van der Waals surface area contributed by atoms with Gasteiger partial charge in [-0.05, 0) is 48.9 Å². The predicted octanol–water partition coefficient (Wildman–Crippen LogP) is 5.38. The van der Waals surface area contributed by atoms with Gasteiger partial charge in [-0.25, -0.2) is 0 Å². The van der Waals surface area contributed by atoms with Crippen LogP contribution in [0.5, 0.6) is 17.2 Å². The number of ketones is 1. The first-order chi connectivity index (χ1) is 17.4. The number of aliphatic hydroxyl groups excluding tert-OH is 1. The van der Waals surface area contributed by atoms with Crippen LogP contribution in [0.1, 0.15) is 29.7 Å². The van der Waals surface area contributed by atoms with Gasteiger partial charge in [0.1, 0.15) is 23.0 Å². The van der Waals surface area contributed by atoms with Crippen LogP contribution in [0.25, 0.3) is 5.76 Å². The quantitative estimate of drug-likeness (QED) is 0.250. The van der Waals surface area contributed by atoms with Gasteiger partial charge >= 0.3 is 0 Å². The third kappa shape index (κ3) is 4.75. The first kappa shape index (κ1) is 25.1. The van der Waals surface area contributed by atoms with Crippen LogP contribution in [0.4, 0.5) is 0 Å². The molecular weight excluding hydrogens is 482 g/mol. The summed E-state index contributed by atoms with van der Waals surface area (Å²) < 4.78 is 16.5. The van der Waals surface area contributed by atoms with E-state index in [2.05, 4.69) is 0 Å². The molecule has 4 rings (SSSR count). The van der Waals surface area contributed by atoms with Crippen LogP contribution in [0.15, 0.2) is 72.3 Å². The van der Waals surface area contributed by atoms with Crippen LogP contribution in [0.3, 0.4) is 0 Å². The van der Waals surface area contributed by atoms with E-state index in [4.69, 9.17) is 25.8 Å². The van der Waals surface area contributed by atoms with E-state index in [-0.39, 0.29) is 23.4 Å². The molecule has 0 bridgehead atoms. The lowest BCUT2D eigenvalue weighted by Crippen LogP contribution is -2.29. The molecule has 36 heavy (non-hydrogen) atoms. The molecular formula is C28H26ClNO6. The van der Waals surface area contributed by atoms with Crippen LogP contribution in [-0.4, -0.2) is 42.5 Å². The highest BCUT2D eigenvalue weighted by molar-refractivity contribution is 6.46. The summed E-state index contributed by atoms with van der Waals surface area (Å²) in [5.41, 5.74) is 1.47. The number of benzene rings is 3. The van der Waals surface area contributed by atoms with Crippen molar-refractivity contribution in [2.75, 3.05) is 20.8 Å². The molecule has 0 spiro atoms. The number of ether oxygens (including phenoxy) is 3. The van der Waals surface area contributed by atoms with E-state index in [0.29, 0.717) is 40.0 Å². The minimum atomic E-state index is -0.890. The Labute approximate surface area is 214 Å². The fourth-order valence-corrected chi connectivity index (χ4v) is 4.53. The van der Waals surface area contributed by atoms with Crippen molar-refractivity contribution in [3.05, 3.63) is 94.0 Å². The van der Waals surface area contributed by atoms with Crippen molar-refractivity contribution < 1.29 is 28.9 Å². The molecule has 1 fully saturated rings. The van der Waals surface area contributed by atoms with Gasteiger partial charge in [0.25, 0.3) is 11.7 Å². The highest BCUT2D eigenvalue weighted by Gasteiger charge is 2.46. The Balaban J connectivity index is 1.92. The number of carbonyl (C=O) groups excluding carboxylic acids is 2. The van der Waals surface area contributed by atoms with Crippen molar-refractivity contribution in [1.29, 1.82) is 0 Å². The van der Waals surface area contributed by atoms with Crippen LogP contribution in [0.2, 0.25) is 5.02 Å². The summed E-state index contributed by atoms with van der Waals surface area (Å²) in [6.07, 6.45) is 0. The normalized spacial score (nSPS) is 16.8. The summed E-state index contributed by atoms with van der Waals surface area (Å²) in [5.74, 6) is -0.445. The number of carbonyl (C=O) groups is 2. The number of para-hydroxylation sites is 1. The second kappa shape index (κ2) is 10.7. The fourth-order valence-electron chi connectivity index (χ4n) is 4.36. The minimum absolute atomic E-state index is 0.0656. The molecule has 1 aliphatic heterocycles. The number of Topliss-reactive ketones (excluding diaryl/α,β-unsaturated/α-hetero) is 1. The van der Waals surface area contributed by atoms with E-state index in [9.17, 15) is 14.7 Å². The molecule has 0 saturated carbocycles. The van der Waals surface area contributed by atoms with Crippen molar-refractivity contribution >= 4 is 29.1 Å². The maximum Gasteiger partial charge on any atom is 0.295 e. The zero-order chi connectivity index (χ0) is 25.8. The Bertz CT molecular complexity index is 1340. The van der Waals surface area contributed by atoms with E-state index < -0.39 is 17.7 Å². The number of aliphatic hydroxyl groups is 1. The smallest absolute Gasteiger partial charge is 0.295 e. The summed E-state index contributed by atoms with van der Waals surface area (Å²) in [4.78, 5) is 28.2. The van der Waals surface area contributed by atoms with Gasteiger partial charge in [0.2, 0.25) is 0 Å². The lowest BCUT2D eigenvalue weighted by atomic mass is 9.94. The van der Waals surface area contributed by atoms with Crippen molar-refractivity contribution in [1.82, 2.24) is 4.90 Å². The number of rotatable bonds is 8. The van der Waals surface area contributed by atoms with Crippen molar-refractivity contribution in [3.8, 4) is 17.2 Å². The molecule has 1 unspecified atom stereocenters. The monoisotopic (exact) mass is 507 g/mol. The Hall–Kier alpha value is -3.97. The molecule has 0 aromatic heterocycles. The maximum atomic E-state index is 13.4. The van der Waals surface area contributed by atoms with Gasteiger partial charge < -0.3 is 24.2 Å².